The summed E-state index contributed by atoms with van der Waals surface area (Å²) in [5.74, 6) is 0. The summed E-state index contributed by atoms with van der Waals surface area (Å²) >= 11 is 7.21. The number of hydrogen-bond acceptors (Lipinski definition) is 4. The van der Waals surface area contributed by atoms with E-state index in [0.29, 0.717) is 0 Å². The Labute approximate surface area is 637 Å². The molecule has 106 heavy (non-hydrogen) atoms. The van der Waals surface area contributed by atoms with Gasteiger partial charge in [-0.1, -0.05) is 286 Å². The Morgan fingerprint density at radius 3 is 0.802 bits per heavy atom. The molecule has 0 unspecified atom stereocenters. The van der Waals surface area contributed by atoms with Crippen molar-refractivity contribution in [3.05, 3.63) is 409 Å². The van der Waals surface area contributed by atoms with Crippen LogP contribution in [-0.2, 0) is 47.7 Å². The molecule has 0 atom stereocenters. The van der Waals surface area contributed by atoms with Crippen molar-refractivity contribution in [1.82, 2.24) is 0 Å². The summed E-state index contributed by atoms with van der Waals surface area (Å²) in [4.78, 5) is 0. The first-order chi connectivity index (χ1) is 52.0. The van der Waals surface area contributed by atoms with E-state index < -0.39 is 22.2 Å². The van der Waals surface area contributed by atoms with E-state index in [1.165, 1.54) is 155 Å². The molecular weight excluding hydrogens is 1480 g/mol. The molecule has 0 saturated carbocycles. The van der Waals surface area contributed by atoms with Gasteiger partial charge in [-0.25, -0.2) is 0 Å². The van der Waals surface area contributed by atoms with Crippen molar-refractivity contribution in [1.29, 1.82) is 0 Å². The second-order valence-electron chi connectivity index (χ2n) is 28.4. The molecule has 6 aliphatic rings. The molecule has 0 heterocycles. The van der Waals surface area contributed by atoms with Gasteiger partial charge in [0.05, 0.1) is 0 Å². The van der Waals surface area contributed by atoms with Gasteiger partial charge in [-0.3, -0.25) is 10.5 Å². The molecule has 6 aliphatic carbocycles. The standard InChI is InChI=1S/C44H32O2P2.C33H25P.C20H12Br2.H2O2/c45-47(35-13-5-1-6-14-35,36-15-7-2-8-16-36)39-23-21-31-25-33-28-42-34(27-41(33)43(31)29-39)26-32-22-24-40(30-44(32)42)48(46,37-17-9-3-10-18-37)38-19-11-4-12-20-38;1-22-12-13-23-17-25-20-32-26(19-31(25)30(23)16-22)18-24-14-15-29(21-33(24)32)34(27-8-4-2-5-9-27)28-10-6-3-7-11-28;21-15-3-1-11-5-13-7-18-14(8-17(13)19(11)9-15)6-12-2-4-16(22)10-20(12)18;1-2/h1-24,27-30H,25-26H2;2-16,19-21H,17-18H2,1H3;1-4,7-10H,5-6H2;1-2H. The van der Waals surface area contributed by atoms with Gasteiger partial charge in [0.25, 0.3) is 0 Å². The summed E-state index contributed by atoms with van der Waals surface area (Å²) in [6.07, 6.45) is 5.85. The van der Waals surface area contributed by atoms with E-state index in [-0.39, 0.29) is 0 Å². The number of aryl methyl sites for hydroxylation is 1. The fourth-order valence-corrected chi connectivity index (χ4v) is 25.6. The van der Waals surface area contributed by atoms with Crippen molar-refractivity contribution in [3.63, 3.8) is 0 Å². The molecule has 15 aromatic rings. The van der Waals surface area contributed by atoms with Crippen molar-refractivity contribution < 1.29 is 19.6 Å². The van der Waals surface area contributed by atoms with Gasteiger partial charge < -0.3 is 9.13 Å². The highest BCUT2D eigenvalue weighted by atomic mass is 79.9. The zero-order valence-electron chi connectivity index (χ0n) is 58.2. The van der Waals surface area contributed by atoms with E-state index >= 15 is 9.13 Å². The van der Waals surface area contributed by atoms with E-state index in [9.17, 15) is 0 Å². The molecule has 0 aliphatic heterocycles. The van der Waals surface area contributed by atoms with Crippen molar-refractivity contribution in [3.8, 4) is 66.8 Å². The summed E-state index contributed by atoms with van der Waals surface area (Å²) in [5, 5.41) is 21.3. The van der Waals surface area contributed by atoms with Gasteiger partial charge in [0.2, 0.25) is 0 Å². The second-order valence-corrected chi connectivity index (χ2v) is 38.0. The fraction of sp³-hybridized carbons (Fsp3) is 0.0722. The normalized spacial score (nSPS) is 12.9. The highest BCUT2D eigenvalue weighted by molar-refractivity contribution is 9.10. The van der Waals surface area contributed by atoms with Crippen LogP contribution in [0.1, 0.15) is 72.3 Å². The zero-order valence-corrected chi connectivity index (χ0v) is 64.1. The molecule has 512 valence electrons. The average molecular weight is 1550 g/mol. The van der Waals surface area contributed by atoms with E-state index in [2.05, 4.69) is 245 Å². The quantitative estimate of drug-likeness (QED) is 0.0858. The third-order valence-electron chi connectivity index (χ3n) is 22.2. The summed E-state index contributed by atoms with van der Waals surface area (Å²) in [5.41, 5.74) is 34.3. The van der Waals surface area contributed by atoms with Gasteiger partial charge in [0, 0.05) is 40.8 Å². The maximum Gasteiger partial charge on any atom is 0.171 e. The number of hydrogen-bond donors (Lipinski definition) is 2. The lowest BCUT2D eigenvalue weighted by molar-refractivity contribution is -0.176. The molecule has 0 aromatic heterocycles. The number of rotatable bonds is 9. The highest BCUT2D eigenvalue weighted by Gasteiger charge is 2.36. The molecule has 0 radical (unpaired) electrons. The highest BCUT2D eigenvalue weighted by Crippen LogP contribution is 2.52. The summed E-state index contributed by atoms with van der Waals surface area (Å²) in [7, 11) is -6.76. The minimum atomic E-state index is -3.08. The zero-order chi connectivity index (χ0) is 71.8. The lowest BCUT2D eigenvalue weighted by Crippen LogP contribution is -2.25. The number of benzene rings is 15. The fourth-order valence-electron chi connectivity index (χ4n) is 17.2. The summed E-state index contributed by atoms with van der Waals surface area (Å²) in [6.45, 7) is 2.20. The topological polar surface area (TPSA) is 74.6 Å². The molecule has 0 bridgehead atoms. The maximum atomic E-state index is 15.2. The van der Waals surface area contributed by atoms with Gasteiger partial charge in [-0.15, -0.1) is 0 Å². The minimum Gasteiger partial charge on any atom is -0.309 e. The lowest BCUT2D eigenvalue weighted by Gasteiger charge is -2.21. The average Bonchev–Trinajstić information content (AvgIpc) is 1.60. The minimum absolute atomic E-state index is 0.589. The lowest BCUT2D eigenvalue weighted by atomic mass is 9.97. The van der Waals surface area contributed by atoms with E-state index in [0.717, 1.165) is 79.3 Å². The number of fused-ring (bicyclic) bond motifs is 18. The molecule has 9 heteroatoms. The van der Waals surface area contributed by atoms with Gasteiger partial charge in [0.15, 0.2) is 14.3 Å². The van der Waals surface area contributed by atoms with Crippen LogP contribution in [0.4, 0.5) is 0 Å². The smallest absolute Gasteiger partial charge is 0.171 e. The Kier molecular flexibility index (Phi) is 18.0. The van der Waals surface area contributed by atoms with Crippen molar-refractivity contribution in [2.75, 3.05) is 0 Å². The first-order valence-corrected chi connectivity index (χ1v) is 42.4. The van der Waals surface area contributed by atoms with E-state index in [1.54, 1.807) is 0 Å². The Morgan fingerprint density at radius 2 is 0.481 bits per heavy atom. The first-order valence-electron chi connectivity index (χ1n) is 36.1. The Bertz CT molecular complexity index is 5710. The molecule has 21 rings (SSSR count). The maximum absolute atomic E-state index is 15.2. The Balaban J connectivity index is 0.000000119. The van der Waals surface area contributed by atoms with Crippen LogP contribution in [0.25, 0.3) is 66.8 Å². The third-order valence-corrected chi connectivity index (χ3v) is 31.7. The van der Waals surface area contributed by atoms with Crippen molar-refractivity contribution >= 4 is 102 Å². The van der Waals surface area contributed by atoms with Crippen LogP contribution in [0.15, 0.2) is 337 Å². The monoisotopic (exact) mass is 1550 g/mol. The third kappa shape index (κ3) is 12.0. The summed E-state index contributed by atoms with van der Waals surface area (Å²) < 4.78 is 32.6. The molecule has 2 N–H and O–H groups in total. The van der Waals surface area contributed by atoms with E-state index in [1.807, 2.05) is 121 Å². The van der Waals surface area contributed by atoms with E-state index in [4.69, 9.17) is 10.5 Å². The van der Waals surface area contributed by atoms with Crippen LogP contribution in [-0.4, -0.2) is 10.5 Å². The molecule has 15 aromatic carbocycles. The van der Waals surface area contributed by atoms with Crippen LogP contribution in [0, 0.1) is 6.92 Å². The number of halogens is 2. The molecule has 4 nitrogen and oxygen atoms in total. The largest absolute Gasteiger partial charge is 0.309 e. The van der Waals surface area contributed by atoms with Crippen LogP contribution in [0.3, 0.4) is 0 Å². The van der Waals surface area contributed by atoms with Crippen LogP contribution < -0.4 is 47.7 Å². The summed E-state index contributed by atoms with van der Waals surface area (Å²) in [6, 6.07) is 116. The second kappa shape index (κ2) is 28.1. The van der Waals surface area contributed by atoms with Crippen LogP contribution in [0.5, 0.6) is 0 Å². The molecule has 0 saturated heterocycles. The van der Waals surface area contributed by atoms with Crippen LogP contribution >= 0.6 is 54.1 Å². The van der Waals surface area contributed by atoms with Gasteiger partial charge in [0.1, 0.15) is 0 Å². The molecular formula is C97H71Br2O4P3. The predicted octanol–water partition coefficient (Wildman–Crippen LogP) is 21.4. The van der Waals surface area contributed by atoms with Gasteiger partial charge in [-0.2, -0.15) is 0 Å². The van der Waals surface area contributed by atoms with Gasteiger partial charge in [-0.05, 0) is 282 Å². The Morgan fingerprint density at radius 1 is 0.236 bits per heavy atom. The first kappa shape index (κ1) is 67.9. The SMILES string of the molecule is Brc1ccc2c(c1)-c1cc3c(cc1C2)-c1cc(Br)ccc1C3.Cc1ccc2c(c1)-c1cc3c(cc1C2)-c1cc(P(c2ccccc2)c2ccccc2)ccc1C3.O=P(c1ccccc1)(c1ccccc1)c1ccc2c(c1)-c1cc3c(cc1C2)-c1cc(P(=O)(c2ccccc2)c2ccccc2)ccc1C3.OO. The van der Waals surface area contributed by atoms with Crippen molar-refractivity contribution in [2.45, 2.75) is 45.4 Å². The molecule has 0 spiro atoms. The predicted molar refractivity (Wildman–Crippen MR) is 452 cm³/mol. The Hall–Kier alpha value is -9.93. The van der Waals surface area contributed by atoms with Gasteiger partial charge >= 0.3 is 0 Å². The molecule has 0 amide bonds. The molecule has 0 fully saturated rings. The van der Waals surface area contributed by atoms with Crippen molar-refractivity contribution in [2.24, 2.45) is 0 Å². The van der Waals surface area contributed by atoms with Crippen LogP contribution in [0.2, 0.25) is 0 Å².